The van der Waals surface area contributed by atoms with Crippen molar-refractivity contribution < 1.29 is 4.74 Å². The van der Waals surface area contributed by atoms with E-state index in [-0.39, 0.29) is 16.3 Å². The van der Waals surface area contributed by atoms with Crippen LogP contribution in [0.5, 0.6) is 11.6 Å². The fourth-order valence-electron chi connectivity index (χ4n) is 1.00. The maximum absolute atomic E-state index is 5.91. The number of halogens is 4. The second kappa shape index (κ2) is 5.23. The SMILES string of the molecule is Clc1ccc(Cl)c(Oc2nc(Cl)nnc2Cl)c1. The highest BCUT2D eigenvalue weighted by Gasteiger charge is 2.11. The summed E-state index contributed by atoms with van der Waals surface area (Å²) in [4.78, 5) is 3.77. The third-order valence-electron chi connectivity index (χ3n) is 1.69. The average Bonchev–Trinajstić information content (AvgIpc) is 2.28. The fourth-order valence-corrected chi connectivity index (χ4v) is 1.56. The van der Waals surface area contributed by atoms with Gasteiger partial charge in [-0.25, -0.2) is 0 Å². The molecule has 88 valence electrons. The maximum Gasteiger partial charge on any atom is 0.262 e. The number of hydrogen-bond acceptors (Lipinski definition) is 4. The Balaban J connectivity index is 2.37. The van der Waals surface area contributed by atoms with Gasteiger partial charge in [0, 0.05) is 11.1 Å². The van der Waals surface area contributed by atoms with Gasteiger partial charge in [-0.1, -0.05) is 34.8 Å². The molecule has 1 aromatic heterocycles. The predicted molar refractivity (Wildman–Crippen MR) is 66.4 cm³/mol. The minimum atomic E-state index is -0.0810. The van der Waals surface area contributed by atoms with Gasteiger partial charge < -0.3 is 4.74 Å². The zero-order valence-electron chi connectivity index (χ0n) is 7.99. The van der Waals surface area contributed by atoms with Gasteiger partial charge in [0.25, 0.3) is 5.88 Å². The summed E-state index contributed by atoms with van der Waals surface area (Å²) in [5.41, 5.74) is 0. The molecule has 0 fully saturated rings. The molecule has 0 saturated heterocycles. The maximum atomic E-state index is 5.91. The first-order chi connectivity index (χ1) is 8.06. The van der Waals surface area contributed by atoms with Crippen LogP contribution in [-0.4, -0.2) is 15.2 Å². The van der Waals surface area contributed by atoms with Gasteiger partial charge >= 0.3 is 0 Å². The first kappa shape index (κ1) is 12.6. The lowest BCUT2D eigenvalue weighted by Crippen LogP contribution is -1.95. The molecule has 0 amide bonds. The second-order valence-corrected chi connectivity index (χ2v) is 4.39. The normalized spacial score (nSPS) is 10.4. The highest BCUT2D eigenvalue weighted by Crippen LogP contribution is 2.33. The van der Waals surface area contributed by atoms with Crippen LogP contribution in [0.3, 0.4) is 0 Å². The van der Waals surface area contributed by atoms with E-state index >= 15 is 0 Å². The third kappa shape index (κ3) is 3.10. The van der Waals surface area contributed by atoms with Crippen molar-refractivity contribution in [3.8, 4) is 11.6 Å². The minimum absolute atomic E-state index is 0.0100. The molecule has 0 saturated carbocycles. The molecule has 2 aromatic rings. The van der Waals surface area contributed by atoms with E-state index in [2.05, 4.69) is 15.2 Å². The molecule has 0 N–H and O–H groups in total. The van der Waals surface area contributed by atoms with Crippen molar-refractivity contribution in [2.45, 2.75) is 0 Å². The summed E-state index contributed by atoms with van der Waals surface area (Å²) in [5.74, 6) is 0.313. The molecular formula is C9H3Cl4N3O. The van der Waals surface area contributed by atoms with Crippen LogP contribution in [0, 0.1) is 0 Å². The lowest BCUT2D eigenvalue weighted by atomic mass is 10.3. The van der Waals surface area contributed by atoms with Crippen molar-refractivity contribution in [3.05, 3.63) is 38.7 Å². The third-order valence-corrected chi connectivity index (χ3v) is 2.64. The van der Waals surface area contributed by atoms with E-state index in [1.54, 1.807) is 12.1 Å². The van der Waals surface area contributed by atoms with Crippen molar-refractivity contribution in [2.24, 2.45) is 0 Å². The van der Waals surface area contributed by atoms with Gasteiger partial charge in [0.1, 0.15) is 5.75 Å². The summed E-state index contributed by atoms with van der Waals surface area (Å²) >= 11 is 23.0. The topological polar surface area (TPSA) is 47.9 Å². The quantitative estimate of drug-likeness (QED) is 0.830. The van der Waals surface area contributed by atoms with Gasteiger partial charge in [-0.3, -0.25) is 0 Å². The molecule has 4 nitrogen and oxygen atoms in total. The van der Waals surface area contributed by atoms with E-state index in [0.29, 0.717) is 15.8 Å². The van der Waals surface area contributed by atoms with Crippen LogP contribution in [0.4, 0.5) is 0 Å². The summed E-state index contributed by atoms with van der Waals surface area (Å²) in [6.07, 6.45) is 0. The second-order valence-electron chi connectivity index (χ2n) is 2.85. The standard InChI is InChI=1S/C9H3Cl4N3O/c10-4-1-2-5(11)6(3-4)17-8-7(12)15-16-9(13)14-8/h1-3H. The summed E-state index contributed by atoms with van der Waals surface area (Å²) in [5, 5.41) is 7.73. The number of benzene rings is 1. The molecule has 0 atom stereocenters. The van der Waals surface area contributed by atoms with Crippen LogP contribution in [-0.2, 0) is 0 Å². The van der Waals surface area contributed by atoms with Gasteiger partial charge in [0.05, 0.1) is 5.02 Å². The highest BCUT2D eigenvalue weighted by molar-refractivity contribution is 6.34. The van der Waals surface area contributed by atoms with Crippen molar-refractivity contribution in [2.75, 3.05) is 0 Å². The number of aromatic nitrogens is 3. The van der Waals surface area contributed by atoms with Crippen LogP contribution in [0.15, 0.2) is 18.2 Å². The molecule has 8 heteroatoms. The Bertz CT molecular complexity index is 514. The molecule has 1 heterocycles. The Morgan fingerprint density at radius 3 is 2.53 bits per heavy atom. The highest BCUT2D eigenvalue weighted by atomic mass is 35.5. The van der Waals surface area contributed by atoms with Crippen LogP contribution in [0.25, 0.3) is 0 Å². The lowest BCUT2D eigenvalue weighted by Gasteiger charge is -2.07. The van der Waals surface area contributed by atoms with Gasteiger partial charge in [-0.15, -0.1) is 10.2 Å². The van der Waals surface area contributed by atoms with Crippen LogP contribution >= 0.6 is 46.4 Å². The monoisotopic (exact) mass is 309 g/mol. The smallest absolute Gasteiger partial charge is 0.262 e. The molecule has 0 aliphatic rings. The summed E-state index contributed by atoms with van der Waals surface area (Å²) in [6, 6.07) is 4.74. The number of rotatable bonds is 2. The zero-order chi connectivity index (χ0) is 12.4. The minimum Gasteiger partial charge on any atom is -0.435 e. The first-order valence-corrected chi connectivity index (χ1v) is 5.76. The zero-order valence-corrected chi connectivity index (χ0v) is 11.0. The van der Waals surface area contributed by atoms with Crippen molar-refractivity contribution in [3.63, 3.8) is 0 Å². The molecule has 0 aliphatic heterocycles. The molecule has 0 bridgehead atoms. The van der Waals surface area contributed by atoms with E-state index in [9.17, 15) is 0 Å². The molecule has 2 rings (SSSR count). The number of nitrogens with zero attached hydrogens (tertiary/aromatic N) is 3. The molecule has 0 aliphatic carbocycles. The van der Waals surface area contributed by atoms with Crippen molar-refractivity contribution in [1.29, 1.82) is 0 Å². The van der Waals surface area contributed by atoms with Crippen LogP contribution in [0.1, 0.15) is 0 Å². The van der Waals surface area contributed by atoms with Crippen molar-refractivity contribution >= 4 is 46.4 Å². The summed E-state index contributed by atoms with van der Waals surface area (Å²) < 4.78 is 5.36. The summed E-state index contributed by atoms with van der Waals surface area (Å²) in [7, 11) is 0. The molecule has 0 radical (unpaired) electrons. The van der Waals surface area contributed by atoms with Gasteiger partial charge in [-0.05, 0) is 23.7 Å². The number of ether oxygens (including phenoxy) is 1. The molecule has 0 spiro atoms. The molecule has 17 heavy (non-hydrogen) atoms. The Labute approximate surface area is 116 Å². The van der Waals surface area contributed by atoms with E-state index in [4.69, 9.17) is 51.1 Å². The first-order valence-electron chi connectivity index (χ1n) is 4.25. The molecular weight excluding hydrogens is 308 g/mol. The van der Waals surface area contributed by atoms with E-state index < -0.39 is 0 Å². The number of hydrogen-bond donors (Lipinski definition) is 0. The van der Waals surface area contributed by atoms with Gasteiger partial charge in [0.15, 0.2) is 0 Å². The average molecular weight is 311 g/mol. The Morgan fingerprint density at radius 1 is 1.00 bits per heavy atom. The predicted octanol–water partition coefficient (Wildman–Crippen LogP) is 4.28. The van der Waals surface area contributed by atoms with E-state index in [1.807, 2.05) is 0 Å². The molecule has 1 aromatic carbocycles. The van der Waals surface area contributed by atoms with Crippen LogP contribution in [0.2, 0.25) is 20.5 Å². The Hall–Kier alpha value is -0.810. The Kier molecular flexibility index (Phi) is 3.89. The molecule has 0 unspecified atom stereocenters. The lowest BCUT2D eigenvalue weighted by molar-refractivity contribution is 0.457. The van der Waals surface area contributed by atoms with Gasteiger partial charge in [0.2, 0.25) is 10.4 Å². The van der Waals surface area contributed by atoms with E-state index in [1.165, 1.54) is 6.07 Å². The fraction of sp³-hybridized carbons (Fsp3) is 0. The largest absolute Gasteiger partial charge is 0.435 e. The summed E-state index contributed by atoms with van der Waals surface area (Å²) in [6.45, 7) is 0. The van der Waals surface area contributed by atoms with Gasteiger partial charge in [-0.2, -0.15) is 4.98 Å². The Morgan fingerprint density at radius 2 is 1.76 bits per heavy atom. The van der Waals surface area contributed by atoms with Crippen molar-refractivity contribution in [1.82, 2.24) is 15.2 Å². The van der Waals surface area contributed by atoms with Crippen LogP contribution < -0.4 is 4.74 Å². The van der Waals surface area contributed by atoms with E-state index in [0.717, 1.165) is 0 Å².